The first kappa shape index (κ1) is 17.2. The summed E-state index contributed by atoms with van der Waals surface area (Å²) < 4.78 is 7.12. The predicted molar refractivity (Wildman–Crippen MR) is 108 cm³/mol. The molecule has 1 N–H and O–H groups in total. The molecule has 3 heterocycles. The van der Waals surface area contributed by atoms with Crippen LogP contribution in [-0.4, -0.2) is 26.9 Å². The van der Waals surface area contributed by atoms with Gasteiger partial charge in [-0.25, -0.2) is 9.97 Å². The van der Waals surface area contributed by atoms with Crippen molar-refractivity contribution in [2.24, 2.45) is 0 Å². The summed E-state index contributed by atoms with van der Waals surface area (Å²) in [5, 5.41) is 8.55. The van der Waals surface area contributed by atoms with Crippen LogP contribution in [0.15, 0.2) is 61.1 Å². The predicted octanol–water partition coefficient (Wildman–Crippen LogP) is 4.51. The van der Waals surface area contributed by atoms with Gasteiger partial charge in [0, 0.05) is 22.8 Å². The first-order chi connectivity index (χ1) is 13.2. The second-order valence-corrected chi connectivity index (χ2v) is 7.24. The maximum Gasteiger partial charge on any atom is 0.189 e. The summed E-state index contributed by atoms with van der Waals surface area (Å²) in [6.07, 6.45) is 5.64. The highest BCUT2D eigenvalue weighted by Crippen LogP contribution is 2.31. The number of thiazole rings is 1. The van der Waals surface area contributed by atoms with E-state index < -0.39 is 0 Å². The van der Waals surface area contributed by atoms with Crippen molar-refractivity contribution in [3.05, 3.63) is 71.5 Å². The number of benzene rings is 1. The van der Waals surface area contributed by atoms with Crippen LogP contribution in [0.4, 0.5) is 10.9 Å². The van der Waals surface area contributed by atoms with Crippen LogP contribution >= 0.6 is 11.3 Å². The van der Waals surface area contributed by atoms with Gasteiger partial charge in [-0.3, -0.25) is 4.68 Å². The number of aromatic nitrogens is 4. The maximum absolute atomic E-state index is 5.20. The maximum atomic E-state index is 5.20. The van der Waals surface area contributed by atoms with Crippen LogP contribution in [0.2, 0.25) is 0 Å². The zero-order valence-electron chi connectivity index (χ0n) is 15.1. The van der Waals surface area contributed by atoms with E-state index in [1.165, 1.54) is 0 Å². The van der Waals surface area contributed by atoms with Crippen LogP contribution < -0.4 is 10.1 Å². The Morgan fingerprint density at radius 1 is 1.15 bits per heavy atom. The van der Waals surface area contributed by atoms with E-state index in [4.69, 9.17) is 9.72 Å². The van der Waals surface area contributed by atoms with E-state index in [1.54, 1.807) is 24.6 Å². The summed E-state index contributed by atoms with van der Waals surface area (Å²) in [5.74, 6) is 1.64. The van der Waals surface area contributed by atoms with Crippen molar-refractivity contribution in [2.45, 2.75) is 13.5 Å². The fourth-order valence-corrected chi connectivity index (χ4v) is 3.60. The molecule has 0 amide bonds. The average molecular weight is 377 g/mol. The summed E-state index contributed by atoms with van der Waals surface area (Å²) in [6.45, 7) is 2.77. The van der Waals surface area contributed by atoms with Crippen molar-refractivity contribution in [1.82, 2.24) is 19.7 Å². The molecule has 0 spiro atoms. The van der Waals surface area contributed by atoms with Crippen molar-refractivity contribution in [3.63, 3.8) is 0 Å². The summed E-state index contributed by atoms with van der Waals surface area (Å²) in [4.78, 5) is 10.1. The molecular weight excluding hydrogens is 358 g/mol. The van der Waals surface area contributed by atoms with Crippen LogP contribution in [-0.2, 0) is 6.54 Å². The molecule has 27 heavy (non-hydrogen) atoms. The molecule has 0 bridgehead atoms. The molecule has 4 aromatic rings. The lowest BCUT2D eigenvalue weighted by molar-refractivity contribution is 0.414. The molecular formula is C20H19N5OS. The first-order valence-electron chi connectivity index (χ1n) is 8.52. The molecule has 0 saturated carbocycles. The smallest absolute Gasteiger partial charge is 0.189 e. The van der Waals surface area contributed by atoms with E-state index >= 15 is 0 Å². The number of methoxy groups -OCH3 is 1. The molecule has 0 fully saturated rings. The number of aryl methyl sites for hydroxylation is 1. The number of hydrogen-bond acceptors (Lipinski definition) is 6. The highest BCUT2D eigenvalue weighted by Gasteiger charge is 2.12. The number of anilines is 2. The Morgan fingerprint density at radius 2 is 2.00 bits per heavy atom. The van der Waals surface area contributed by atoms with E-state index in [0.29, 0.717) is 6.54 Å². The van der Waals surface area contributed by atoms with Crippen molar-refractivity contribution < 1.29 is 4.74 Å². The topological polar surface area (TPSA) is 64.9 Å². The minimum absolute atomic E-state index is 0.701. The van der Waals surface area contributed by atoms with Crippen molar-refractivity contribution in [3.8, 4) is 17.0 Å². The lowest BCUT2D eigenvalue weighted by Gasteiger charge is -2.03. The zero-order valence-corrected chi connectivity index (χ0v) is 15.9. The van der Waals surface area contributed by atoms with E-state index in [-0.39, 0.29) is 0 Å². The Morgan fingerprint density at radius 3 is 2.74 bits per heavy atom. The fourth-order valence-electron chi connectivity index (χ4n) is 2.75. The second-order valence-electron chi connectivity index (χ2n) is 6.04. The van der Waals surface area contributed by atoms with Crippen molar-refractivity contribution >= 4 is 22.3 Å². The zero-order chi connectivity index (χ0) is 18.6. The van der Waals surface area contributed by atoms with Gasteiger partial charge in [0.1, 0.15) is 11.6 Å². The van der Waals surface area contributed by atoms with E-state index in [2.05, 4.69) is 22.3 Å². The second kappa shape index (κ2) is 7.59. The molecule has 136 valence electrons. The van der Waals surface area contributed by atoms with Gasteiger partial charge in [-0.1, -0.05) is 18.2 Å². The molecule has 0 aliphatic rings. The largest absolute Gasteiger partial charge is 0.497 e. The Hall–Kier alpha value is -3.19. The summed E-state index contributed by atoms with van der Waals surface area (Å²) in [5.41, 5.74) is 3.11. The van der Waals surface area contributed by atoms with Crippen LogP contribution in [0.1, 0.15) is 10.4 Å². The first-order valence-corrected chi connectivity index (χ1v) is 9.34. The summed E-state index contributed by atoms with van der Waals surface area (Å²) in [6, 6.07) is 13.8. The quantitative estimate of drug-likeness (QED) is 0.535. The lowest BCUT2D eigenvalue weighted by Crippen LogP contribution is -1.99. The van der Waals surface area contributed by atoms with Gasteiger partial charge >= 0.3 is 0 Å². The van der Waals surface area contributed by atoms with Crippen molar-refractivity contribution in [1.29, 1.82) is 0 Å². The number of hydrogen-bond donors (Lipinski definition) is 1. The van der Waals surface area contributed by atoms with Crippen LogP contribution in [0.5, 0.6) is 5.75 Å². The van der Waals surface area contributed by atoms with Gasteiger partial charge in [-0.05, 0) is 36.8 Å². The van der Waals surface area contributed by atoms with Crippen molar-refractivity contribution in [2.75, 3.05) is 12.4 Å². The van der Waals surface area contributed by atoms with E-state index in [1.807, 2.05) is 59.5 Å². The van der Waals surface area contributed by atoms with Crippen LogP contribution in [0.3, 0.4) is 0 Å². The van der Waals surface area contributed by atoms with Gasteiger partial charge in [0.2, 0.25) is 0 Å². The number of nitrogens with one attached hydrogen (secondary N) is 1. The molecule has 0 unspecified atom stereocenters. The minimum Gasteiger partial charge on any atom is -0.497 e. The molecule has 0 atom stereocenters. The number of pyridine rings is 1. The molecule has 4 rings (SSSR count). The molecule has 3 aromatic heterocycles. The Kier molecular flexibility index (Phi) is 4.84. The third kappa shape index (κ3) is 3.98. The number of nitrogens with zero attached hydrogens (tertiary/aromatic N) is 4. The van der Waals surface area contributed by atoms with Gasteiger partial charge in [-0.2, -0.15) is 5.10 Å². The Bertz CT molecular complexity index is 1020. The monoisotopic (exact) mass is 377 g/mol. The van der Waals surface area contributed by atoms with Gasteiger partial charge in [0.15, 0.2) is 5.13 Å². The molecule has 7 heteroatoms. The minimum atomic E-state index is 0.701. The highest BCUT2D eigenvalue weighted by molar-refractivity contribution is 7.16. The third-order valence-corrected chi connectivity index (χ3v) is 4.99. The van der Waals surface area contributed by atoms with Gasteiger partial charge in [0.25, 0.3) is 0 Å². The molecule has 0 aliphatic heterocycles. The SMILES string of the molecule is COc1ccc(Cn2cc(-c3nc(Nc4ccccn4)sc3C)cn2)cc1. The van der Waals surface area contributed by atoms with Gasteiger partial charge in [-0.15, -0.1) is 11.3 Å². The van der Waals surface area contributed by atoms with Gasteiger partial charge < -0.3 is 10.1 Å². The molecule has 0 aliphatic carbocycles. The molecule has 1 aromatic carbocycles. The summed E-state index contributed by atoms with van der Waals surface area (Å²) >= 11 is 1.61. The highest BCUT2D eigenvalue weighted by atomic mass is 32.1. The third-order valence-electron chi connectivity index (χ3n) is 4.11. The Balaban J connectivity index is 1.50. The average Bonchev–Trinajstić information content (AvgIpc) is 3.29. The fraction of sp³-hybridized carbons (Fsp3) is 0.150. The number of rotatable bonds is 6. The molecule has 0 radical (unpaired) electrons. The standard InChI is InChI=1S/C20H19N5OS/c1-14-19(24-20(27-14)23-18-5-3-4-10-21-18)16-11-22-25(13-16)12-15-6-8-17(26-2)9-7-15/h3-11,13H,12H2,1-2H3,(H,21,23,24). The van der Waals surface area contributed by atoms with E-state index in [9.17, 15) is 0 Å². The van der Waals surface area contributed by atoms with E-state index in [0.717, 1.165) is 38.4 Å². The van der Waals surface area contributed by atoms with Gasteiger partial charge in [0.05, 0.1) is 25.5 Å². The van der Waals surface area contributed by atoms with Crippen LogP contribution in [0.25, 0.3) is 11.3 Å². The Labute approximate surface area is 161 Å². The molecule has 6 nitrogen and oxygen atoms in total. The van der Waals surface area contributed by atoms with Crippen LogP contribution in [0, 0.1) is 6.92 Å². The summed E-state index contributed by atoms with van der Waals surface area (Å²) in [7, 11) is 1.67. The molecule has 0 saturated heterocycles. The number of ether oxygens (including phenoxy) is 1. The lowest BCUT2D eigenvalue weighted by atomic mass is 10.2. The normalized spacial score (nSPS) is 10.7.